The average molecular weight is 493 g/mol. The Bertz CT molecular complexity index is 918. The number of nitrogens with one attached hydrogen (secondary N) is 2. The van der Waals surface area contributed by atoms with Gasteiger partial charge in [-0.25, -0.2) is 0 Å². The fraction of sp³-hybridized carbons (Fsp3) is 0.500. The topological polar surface area (TPSA) is 59.6 Å². The number of rotatable bonds is 9. The Morgan fingerprint density at radius 1 is 1.18 bits per heavy atom. The molecule has 0 bridgehead atoms. The molecule has 2 aromatic rings. The fourth-order valence-electron chi connectivity index (χ4n) is 4.54. The minimum absolute atomic E-state index is 0. The molecule has 1 fully saturated rings. The second kappa shape index (κ2) is 12.5. The van der Waals surface area contributed by atoms with Gasteiger partial charge in [0, 0.05) is 34.8 Å². The SMILES string of the molecule is CCCCC(CNC(=O)c1cc(Cl)ccc1NC1CCCC1)C1OCc2ccccc2O1.Cl. The molecular formula is C26H34Cl2N2O3. The Hall–Kier alpha value is -1.95. The lowest BCUT2D eigenvalue weighted by atomic mass is 10.00. The summed E-state index contributed by atoms with van der Waals surface area (Å²) < 4.78 is 12.2. The molecule has 2 aromatic carbocycles. The number of hydrogen-bond acceptors (Lipinski definition) is 4. The standard InChI is InChI=1S/C26H33ClN2O3.ClH/c1-2-3-8-18(26-31-17-19-9-4-7-12-24(19)32-26)16-28-25(30)22-15-20(27)13-14-23(22)29-21-10-5-6-11-21;/h4,7,9,12-15,18,21,26,29H,2-3,5-6,8,10-11,16-17H2,1H3,(H,28,30);1H. The van der Waals surface area contributed by atoms with Crippen LogP contribution in [0.5, 0.6) is 5.75 Å². The van der Waals surface area contributed by atoms with E-state index in [1.54, 1.807) is 6.07 Å². The predicted octanol–water partition coefficient (Wildman–Crippen LogP) is 6.59. The number of para-hydroxylation sites is 1. The van der Waals surface area contributed by atoms with Crippen molar-refractivity contribution in [3.63, 3.8) is 0 Å². The zero-order chi connectivity index (χ0) is 22.3. The second-order valence-corrected chi connectivity index (χ2v) is 9.27. The van der Waals surface area contributed by atoms with Gasteiger partial charge in [-0.2, -0.15) is 0 Å². The predicted molar refractivity (Wildman–Crippen MR) is 136 cm³/mol. The van der Waals surface area contributed by atoms with Crippen molar-refractivity contribution in [1.82, 2.24) is 5.32 Å². The number of carbonyl (C=O) groups excluding carboxylic acids is 1. The van der Waals surface area contributed by atoms with Gasteiger partial charge in [0.05, 0.1) is 12.2 Å². The van der Waals surface area contributed by atoms with Crippen LogP contribution < -0.4 is 15.4 Å². The number of amides is 1. The highest BCUT2D eigenvalue weighted by atomic mass is 35.5. The minimum Gasteiger partial charge on any atom is -0.464 e. The van der Waals surface area contributed by atoms with Crippen LogP contribution in [0.4, 0.5) is 5.69 Å². The molecule has 7 heteroatoms. The van der Waals surface area contributed by atoms with Crippen LogP contribution in [0.3, 0.4) is 0 Å². The molecule has 33 heavy (non-hydrogen) atoms. The van der Waals surface area contributed by atoms with E-state index in [1.165, 1.54) is 12.8 Å². The van der Waals surface area contributed by atoms with Crippen molar-refractivity contribution in [1.29, 1.82) is 0 Å². The third kappa shape index (κ3) is 6.78. The van der Waals surface area contributed by atoms with Gasteiger partial charge >= 0.3 is 0 Å². The Kier molecular flexibility index (Phi) is 9.72. The maximum atomic E-state index is 13.2. The molecule has 2 N–H and O–H groups in total. The summed E-state index contributed by atoms with van der Waals surface area (Å²) in [5.41, 5.74) is 2.50. The Balaban J connectivity index is 0.00000306. The van der Waals surface area contributed by atoms with Gasteiger partial charge in [0.1, 0.15) is 5.75 Å². The van der Waals surface area contributed by atoms with Crippen LogP contribution in [0.1, 0.15) is 67.8 Å². The van der Waals surface area contributed by atoms with E-state index in [0.29, 0.717) is 29.8 Å². The first-order chi connectivity index (χ1) is 15.6. The first kappa shape index (κ1) is 25.7. The number of unbranched alkanes of at least 4 members (excludes halogenated alkanes) is 1. The molecule has 1 heterocycles. The van der Waals surface area contributed by atoms with Crippen molar-refractivity contribution >= 4 is 35.6 Å². The van der Waals surface area contributed by atoms with Gasteiger partial charge < -0.3 is 20.1 Å². The molecule has 1 saturated carbocycles. The lowest BCUT2D eigenvalue weighted by Crippen LogP contribution is -2.40. The van der Waals surface area contributed by atoms with Crippen LogP contribution in [0, 0.1) is 5.92 Å². The molecule has 1 aliphatic carbocycles. The minimum atomic E-state index is -0.368. The van der Waals surface area contributed by atoms with Crippen molar-refractivity contribution in [2.45, 2.75) is 70.8 Å². The highest BCUT2D eigenvalue weighted by Gasteiger charge is 2.29. The zero-order valence-corrected chi connectivity index (χ0v) is 20.7. The largest absolute Gasteiger partial charge is 0.464 e. The van der Waals surface area contributed by atoms with Crippen molar-refractivity contribution in [3.05, 3.63) is 58.6 Å². The molecule has 0 saturated heterocycles. The summed E-state index contributed by atoms with van der Waals surface area (Å²) in [6.07, 6.45) is 7.43. The van der Waals surface area contributed by atoms with Crippen molar-refractivity contribution in [2.75, 3.05) is 11.9 Å². The van der Waals surface area contributed by atoms with Gasteiger partial charge in [0.15, 0.2) is 0 Å². The first-order valence-electron chi connectivity index (χ1n) is 11.8. The Morgan fingerprint density at radius 3 is 2.76 bits per heavy atom. The number of hydrogen-bond donors (Lipinski definition) is 2. The number of benzene rings is 2. The van der Waals surface area contributed by atoms with Gasteiger partial charge in [-0.05, 0) is 43.5 Å². The maximum absolute atomic E-state index is 13.2. The molecule has 0 aromatic heterocycles. The van der Waals surface area contributed by atoms with Gasteiger partial charge in [0.2, 0.25) is 6.29 Å². The lowest BCUT2D eigenvalue weighted by Gasteiger charge is -2.32. The smallest absolute Gasteiger partial charge is 0.253 e. The van der Waals surface area contributed by atoms with E-state index < -0.39 is 0 Å². The summed E-state index contributed by atoms with van der Waals surface area (Å²) in [6, 6.07) is 13.9. The normalized spacial score (nSPS) is 18.5. The zero-order valence-electron chi connectivity index (χ0n) is 19.1. The van der Waals surface area contributed by atoms with Crippen LogP contribution in [0.15, 0.2) is 42.5 Å². The maximum Gasteiger partial charge on any atom is 0.253 e. The number of anilines is 1. The molecular weight excluding hydrogens is 459 g/mol. The third-order valence-electron chi connectivity index (χ3n) is 6.40. The van der Waals surface area contributed by atoms with Crippen molar-refractivity contribution in [2.24, 2.45) is 5.92 Å². The van der Waals surface area contributed by atoms with E-state index in [1.807, 2.05) is 36.4 Å². The number of halogens is 2. The van der Waals surface area contributed by atoms with Crippen LogP contribution in [0.25, 0.3) is 0 Å². The number of carbonyl (C=O) groups is 1. The quantitative estimate of drug-likeness (QED) is 0.414. The van der Waals surface area contributed by atoms with Crippen LogP contribution in [0.2, 0.25) is 5.02 Å². The summed E-state index contributed by atoms with van der Waals surface area (Å²) in [4.78, 5) is 13.2. The summed E-state index contributed by atoms with van der Waals surface area (Å²) in [7, 11) is 0. The summed E-state index contributed by atoms with van der Waals surface area (Å²) >= 11 is 6.23. The monoisotopic (exact) mass is 492 g/mol. The van der Waals surface area contributed by atoms with E-state index in [4.69, 9.17) is 21.1 Å². The molecule has 0 spiro atoms. The highest BCUT2D eigenvalue weighted by molar-refractivity contribution is 6.31. The van der Waals surface area contributed by atoms with Gasteiger partial charge in [-0.15, -0.1) is 12.4 Å². The second-order valence-electron chi connectivity index (χ2n) is 8.83. The molecule has 180 valence electrons. The van der Waals surface area contributed by atoms with E-state index in [2.05, 4.69) is 17.6 Å². The summed E-state index contributed by atoms with van der Waals surface area (Å²) in [5, 5.41) is 7.23. The molecule has 1 amide bonds. The van der Waals surface area contributed by atoms with Gasteiger partial charge in [0.25, 0.3) is 5.91 Å². The van der Waals surface area contributed by atoms with Crippen molar-refractivity contribution in [3.8, 4) is 5.75 Å². The number of ether oxygens (including phenoxy) is 2. The highest BCUT2D eigenvalue weighted by Crippen LogP contribution is 2.30. The molecule has 5 nitrogen and oxygen atoms in total. The van der Waals surface area contributed by atoms with Gasteiger partial charge in [-0.3, -0.25) is 4.79 Å². The Morgan fingerprint density at radius 2 is 1.97 bits per heavy atom. The average Bonchev–Trinajstić information content (AvgIpc) is 3.33. The molecule has 4 rings (SSSR count). The van der Waals surface area contributed by atoms with Crippen LogP contribution in [-0.2, 0) is 11.3 Å². The summed E-state index contributed by atoms with van der Waals surface area (Å²) in [6.45, 7) is 3.18. The number of fused-ring (bicyclic) bond motifs is 1. The lowest BCUT2D eigenvalue weighted by molar-refractivity contribution is -0.140. The third-order valence-corrected chi connectivity index (χ3v) is 6.63. The van der Waals surface area contributed by atoms with E-state index in [9.17, 15) is 4.79 Å². The molecule has 0 radical (unpaired) electrons. The van der Waals surface area contributed by atoms with Crippen molar-refractivity contribution < 1.29 is 14.3 Å². The van der Waals surface area contributed by atoms with Crippen LogP contribution >= 0.6 is 24.0 Å². The molecule has 1 aliphatic heterocycles. The molecule has 2 aliphatic rings. The van der Waals surface area contributed by atoms with Gasteiger partial charge in [-0.1, -0.05) is 62.4 Å². The van der Waals surface area contributed by atoms with E-state index >= 15 is 0 Å². The Labute approximate surface area is 208 Å². The van der Waals surface area contributed by atoms with E-state index in [-0.39, 0.29) is 30.5 Å². The van der Waals surface area contributed by atoms with E-state index in [0.717, 1.165) is 49.1 Å². The first-order valence-corrected chi connectivity index (χ1v) is 12.2. The summed E-state index contributed by atoms with van der Waals surface area (Å²) in [5.74, 6) is 0.817. The van der Waals surface area contributed by atoms with Crippen LogP contribution in [-0.4, -0.2) is 24.8 Å². The molecule has 2 unspecified atom stereocenters. The molecule has 2 atom stereocenters. The fourth-order valence-corrected chi connectivity index (χ4v) is 4.71.